The van der Waals surface area contributed by atoms with Gasteiger partial charge in [-0.15, -0.1) is 0 Å². The van der Waals surface area contributed by atoms with Crippen LogP contribution in [0.3, 0.4) is 0 Å². The first-order chi connectivity index (χ1) is 8.93. The average Bonchev–Trinajstić information content (AvgIpc) is 2.39. The first kappa shape index (κ1) is 14.1. The molecular formula is C12H20N4O2S. The molecule has 0 unspecified atom stereocenters. The molecule has 3 N–H and O–H groups in total. The second-order valence-corrected chi connectivity index (χ2v) is 6.87. The standard InChI is InChI=1S/C12H20N4O2S/c1-15(2)19(17,18)12-4-3-10(13)9-11(12)16-7-5-14-6-8-16/h3-4,9,14H,5-8,13H2,1-2H3. The van der Waals surface area contributed by atoms with Crippen LogP contribution in [-0.4, -0.2) is 53.0 Å². The number of nitrogen functional groups attached to an aromatic ring is 1. The van der Waals surface area contributed by atoms with Gasteiger partial charge in [-0.05, 0) is 18.2 Å². The zero-order valence-corrected chi connectivity index (χ0v) is 12.1. The molecule has 0 bridgehead atoms. The third-order valence-electron chi connectivity index (χ3n) is 3.20. The van der Waals surface area contributed by atoms with Gasteiger partial charge in [0.2, 0.25) is 10.0 Å². The molecule has 6 nitrogen and oxygen atoms in total. The van der Waals surface area contributed by atoms with E-state index in [0.717, 1.165) is 26.2 Å². The zero-order chi connectivity index (χ0) is 14.0. The molecule has 0 saturated carbocycles. The maximum absolute atomic E-state index is 12.3. The Labute approximate surface area is 114 Å². The van der Waals surface area contributed by atoms with E-state index in [0.29, 0.717) is 16.3 Å². The molecule has 19 heavy (non-hydrogen) atoms. The zero-order valence-electron chi connectivity index (χ0n) is 11.3. The summed E-state index contributed by atoms with van der Waals surface area (Å²) in [5, 5.41) is 3.25. The molecule has 0 radical (unpaired) electrons. The highest BCUT2D eigenvalue weighted by atomic mass is 32.2. The Kier molecular flexibility index (Phi) is 3.98. The van der Waals surface area contributed by atoms with Gasteiger partial charge in [-0.3, -0.25) is 0 Å². The van der Waals surface area contributed by atoms with E-state index in [2.05, 4.69) is 10.2 Å². The first-order valence-electron chi connectivity index (χ1n) is 6.20. The predicted molar refractivity (Wildman–Crippen MR) is 76.8 cm³/mol. The number of hydrogen-bond donors (Lipinski definition) is 2. The van der Waals surface area contributed by atoms with Crippen molar-refractivity contribution in [1.82, 2.24) is 9.62 Å². The van der Waals surface area contributed by atoms with Crippen LogP contribution in [0.1, 0.15) is 0 Å². The summed E-state index contributed by atoms with van der Waals surface area (Å²) >= 11 is 0. The Morgan fingerprint density at radius 3 is 2.47 bits per heavy atom. The van der Waals surface area contributed by atoms with Gasteiger partial charge in [0.05, 0.1) is 5.69 Å². The van der Waals surface area contributed by atoms with Crippen LogP contribution in [0.5, 0.6) is 0 Å². The van der Waals surface area contributed by atoms with E-state index in [4.69, 9.17) is 5.73 Å². The number of benzene rings is 1. The van der Waals surface area contributed by atoms with Crippen molar-refractivity contribution in [2.75, 3.05) is 50.9 Å². The quantitative estimate of drug-likeness (QED) is 0.760. The molecular weight excluding hydrogens is 264 g/mol. The predicted octanol–water partition coefficient (Wildman–Crippen LogP) is -0.0713. The van der Waals surface area contributed by atoms with E-state index in [1.807, 2.05) is 0 Å². The van der Waals surface area contributed by atoms with Crippen LogP contribution in [0.2, 0.25) is 0 Å². The number of rotatable bonds is 3. The van der Waals surface area contributed by atoms with E-state index in [1.54, 1.807) is 18.2 Å². The van der Waals surface area contributed by atoms with Crippen molar-refractivity contribution < 1.29 is 8.42 Å². The van der Waals surface area contributed by atoms with Gasteiger partial charge in [-0.25, -0.2) is 12.7 Å². The lowest BCUT2D eigenvalue weighted by molar-refractivity contribution is 0.519. The highest BCUT2D eigenvalue weighted by Crippen LogP contribution is 2.29. The number of anilines is 2. The second-order valence-electron chi connectivity index (χ2n) is 4.75. The smallest absolute Gasteiger partial charge is 0.244 e. The van der Waals surface area contributed by atoms with E-state index in [1.165, 1.54) is 18.4 Å². The van der Waals surface area contributed by atoms with Crippen LogP contribution in [0.15, 0.2) is 23.1 Å². The molecule has 0 spiro atoms. The molecule has 7 heteroatoms. The fourth-order valence-corrected chi connectivity index (χ4v) is 3.19. The van der Waals surface area contributed by atoms with Gasteiger partial charge in [0.15, 0.2) is 0 Å². The van der Waals surface area contributed by atoms with Crippen molar-refractivity contribution in [3.8, 4) is 0 Å². The molecule has 1 heterocycles. The largest absolute Gasteiger partial charge is 0.399 e. The van der Waals surface area contributed by atoms with Crippen LogP contribution in [0.25, 0.3) is 0 Å². The summed E-state index contributed by atoms with van der Waals surface area (Å²) in [6.45, 7) is 3.24. The maximum Gasteiger partial charge on any atom is 0.244 e. The number of nitrogens with one attached hydrogen (secondary N) is 1. The highest BCUT2D eigenvalue weighted by molar-refractivity contribution is 7.89. The third-order valence-corrected chi connectivity index (χ3v) is 5.06. The Morgan fingerprint density at radius 1 is 1.26 bits per heavy atom. The van der Waals surface area contributed by atoms with E-state index in [9.17, 15) is 8.42 Å². The van der Waals surface area contributed by atoms with Gasteiger partial charge in [-0.2, -0.15) is 0 Å². The van der Waals surface area contributed by atoms with Crippen molar-refractivity contribution in [2.45, 2.75) is 4.90 Å². The van der Waals surface area contributed by atoms with Crippen molar-refractivity contribution in [3.63, 3.8) is 0 Å². The molecule has 106 valence electrons. The minimum atomic E-state index is -3.46. The summed E-state index contributed by atoms with van der Waals surface area (Å²) in [5.74, 6) is 0. The lowest BCUT2D eigenvalue weighted by Crippen LogP contribution is -2.44. The maximum atomic E-state index is 12.3. The van der Waals surface area contributed by atoms with Gasteiger partial charge in [0.1, 0.15) is 4.90 Å². The fraction of sp³-hybridized carbons (Fsp3) is 0.500. The minimum absolute atomic E-state index is 0.314. The van der Waals surface area contributed by atoms with E-state index in [-0.39, 0.29) is 0 Å². The topological polar surface area (TPSA) is 78.7 Å². The fourth-order valence-electron chi connectivity index (χ4n) is 2.10. The minimum Gasteiger partial charge on any atom is -0.399 e. The van der Waals surface area contributed by atoms with Crippen LogP contribution in [-0.2, 0) is 10.0 Å². The molecule has 0 aromatic heterocycles. The normalized spacial score (nSPS) is 16.9. The number of hydrogen-bond acceptors (Lipinski definition) is 5. The van der Waals surface area contributed by atoms with Crippen LogP contribution in [0.4, 0.5) is 11.4 Å². The molecule has 1 aromatic rings. The van der Waals surface area contributed by atoms with Crippen molar-refractivity contribution in [2.24, 2.45) is 0 Å². The summed E-state index contributed by atoms with van der Waals surface area (Å²) < 4.78 is 25.9. The molecule has 2 rings (SSSR count). The van der Waals surface area contributed by atoms with Gasteiger partial charge < -0.3 is 16.0 Å². The van der Waals surface area contributed by atoms with Gasteiger partial charge in [-0.1, -0.05) is 0 Å². The van der Waals surface area contributed by atoms with Gasteiger partial charge in [0.25, 0.3) is 0 Å². The lowest BCUT2D eigenvalue weighted by Gasteiger charge is -2.31. The molecule has 1 saturated heterocycles. The molecule has 1 aromatic carbocycles. The molecule has 1 aliphatic rings. The van der Waals surface area contributed by atoms with Crippen LogP contribution in [0, 0.1) is 0 Å². The first-order valence-corrected chi connectivity index (χ1v) is 7.64. The van der Waals surface area contributed by atoms with Gasteiger partial charge in [0, 0.05) is 46.0 Å². The number of piperazine rings is 1. The Morgan fingerprint density at radius 2 is 1.89 bits per heavy atom. The summed E-state index contributed by atoms with van der Waals surface area (Å²) in [6, 6.07) is 4.95. The lowest BCUT2D eigenvalue weighted by atomic mass is 10.2. The summed E-state index contributed by atoms with van der Waals surface area (Å²) in [5.41, 5.74) is 7.07. The SMILES string of the molecule is CN(C)S(=O)(=O)c1ccc(N)cc1N1CCNCC1. The molecule has 1 fully saturated rings. The monoisotopic (exact) mass is 284 g/mol. The van der Waals surface area contributed by atoms with Crippen molar-refractivity contribution in [1.29, 1.82) is 0 Å². The third kappa shape index (κ3) is 2.83. The van der Waals surface area contributed by atoms with Crippen molar-refractivity contribution in [3.05, 3.63) is 18.2 Å². The van der Waals surface area contributed by atoms with E-state index < -0.39 is 10.0 Å². The molecule has 0 atom stereocenters. The van der Waals surface area contributed by atoms with Gasteiger partial charge >= 0.3 is 0 Å². The Balaban J connectivity index is 2.49. The Hall–Kier alpha value is -1.31. The second kappa shape index (κ2) is 5.36. The summed E-state index contributed by atoms with van der Waals surface area (Å²) in [4.78, 5) is 2.37. The average molecular weight is 284 g/mol. The van der Waals surface area contributed by atoms with E-state index >= 15 is 0 Å². The highest BCUT2D eigenvalue weighted by Gasteiger charge is 2.24. The number of nitrogens with zero attached hydrogens (tertiary/aromatic N) is 2. The molecule has 1 aliphatic heterocycles. The molecule has 0 amide bonds. The molecule has 0 aliphatic carbocycles. The Bertz CT molecular complexity index is 551. The summed E-state index contributed by atoms with van der Waals surface area (Å²) in [6.07, 6.45) is 0. The summed E-state index contributed by atoms with van der Waals surface area (Å²) in [7, 11) is -0.388. The number of nitrogens with two attached hydrogens (primary N) is 1. The van der Waals surface area contributed by atoms with Crippen molar-refractivity contribution >= 4 is 21.4 Å². The van der Waals surface area contributed by atoms with Crippen LogP contribution >= 0.6 is 0 Å². The van der Waals surface area contributed by atoms with Crippen LogP contribution < -0.4 is 16.0 Å². The number of sulfonamides is 1.